The molecule has 194 valence electrons. The number of benzene rings is 3. The predicted octanol–water partition coefficient (Wildman–Crippen LogP) is 7.73. The van der Waals surface area contributed by atoms with Crippen molar-refractivity contribution >= 4 is 41.5 Å². The number of phenolic OH excluding ortho intramolecular Hbond substituents is 2. The monoisotopic (exact) mass is 581 g/mol. The predicted molar refractivity (Wildman–Crippen MR) is 156 cm³/mol. The van der Waals surface area contributed by atoms with Crippen LogP contribution < -0.4 is 0 Å². The van der Waals surface area contributed by atoms with Gasteiger partial charge >= 0.3 is 11.4 Å². The van der Waals surface area contributed by atoms with Gasteiger partial charge in [0, 0.05) is 17.2 Å². The van der Waals surface area contributed by atoms with Crippen molar-refractivity contribution in [1.82, 2.24) is 15.0 Å². The first-order valence-electron chi connectivity index (χ1n) is 12.8. The number of fused-ring (bicyclic) bond motifs is 2. The van der Waals surface area contributed by atoms with Crippen LogP contribution in [0.1, 0.15) is 47.9 Å². The van der Waals surface area contributed by atoms with Gasteiger partial charge in [0.25, 0.3) is 0 Å². The Morgan fingerprint density at radius 3 is 1.47 bits per heavy atom. The Bertz CT molecular complexity index is 1380. The smallest absolute Gasteiger partial charge is 0.508 e. The van der Waals surface area contributed by atoms with Crippen LogP contribution >= 0.6 is 30.1 Å². The summed E-state index contributed by atoms with van der Waals surface area (Å²) in [6.45, 7) is 0. The Morgan fingerprint density at radius 2 is 1.00 bits per heavy atom. The highest BCUT2D eigenvalue weighted by atomic mass is 35.8. The fraction of sp³-hybridized carbons (Fsp3) is 0.276. The molecule has 4 aromatic rings. The summed E-state index contributed by atoms with van der Waals surface area (Å²) in [5.74, 6) is 1.53. The van der Waals surface area contributed by atoms with Gasteiger partial charge in [-0.1, -0.05) is 24.3 Å². The molecule has 1 heterocycles. The molecule has 2 aliphatic rings. The van der Waals surface area contributed by atoms with Crippen molar-refractivity contribution in [2.45, 2.75) is 51.4 Å². The maximum absolute atomic E-state index is 10.5. The average Bonchev–Trinajstić information content (AvgIpc) is 2.92. The third-order valence-electron chi connectivity index (χ3n) is 7.07. The van der Waals surface area contributed by atoms with Gasteiger partial charge in [-0.15, -0.1) is 0 Å². The van der Waals surface area contributed by atoms with Crippen molar-refractivity contribution in [1.29, 1.82) is 0 Å². The molecule has 0 spiro atoms. The van der Waals surface area contributed by atoms with Crippen molar-refractivity contribution in [3.63, 3.8) is 0 Å². The van der Waals surface area contributed by atoms with E-state index in [1.54, 1.807) is 6.07 Å². The van der Waals surface area contributed by atoms with Gasteiger partial charge in [0.15, 0.2) is 17.5 Å². The number of hydrogen-bond acceptors (Lipinski definition) is 5. The molecule has 2 N–H and O–H groups in total. The summed E-state index contributed by atoms with van der Waals surface area (Å²) < 4.78 is 0. The largest absolute Gasteiger partial charge is 0.643 e. The SMILES string of the molecule is Oc1ccc(-c2nc(-c3ccc4c(c3)CCCC4)nc(-c3ccc4c(c3)CCCC4)n2)c(O)c1.[Cl][Al]([Cl])[Cl]. The molecule has 0 saturated carbocycles. The standard InChI is InChI=1S/C29H27N3O2.Al.3ClH/c33-24-13-14-25(26(34)17-24)29-31-27(22-11-9-18-5-1-3-7-20(18)15-22)30-28(32-29)23-12-10-19-6-2-4-8-21(19)16-23;;;;/h9-17,33-34H,1-8H2;;3*1H/q;+3;;;/p-3. The number of aromatic nitrogens is 3. The maximum Gasteiger partial charge on any atom is 0.643 e. The molecule has 1 aromatic heterocycles. The Labute approximate surface area is 239 Å². The molecule has 0 radical (unpaired) electrons. The number of nitrogens with zero attached hydrogens (tertiary/aromatic N) is 3. The van der Waals surface area contributed by atoms with Crippen molar-refractivity contribution in [3.8, 4) is 45.7 Å². The van der Waals surface area contributed by atoms with Gasteiger partial charge in [-0.25, -0.2) is 45.1 Å². The van der Waals surface area contributed by atoms with E-state index in [2.05, 4.69) is 36.4 Å². The van der Waals surface area contributed by atoms with Crippen molar-refractivity contribution in [2.24, 2.45) is 0 Å². The number of hydrogen-bond donors (Lipinski definition) is 2. The number of aryl methyl sites for hydroxylation is 4. The average molecular weight is 583 g/mol. The van der Waals surface area contributed by atoms with Crippen LogP contribution in [0.2, 0.25) is 0 Å². The first kappa shape index (κ1) is 27.2. The van der Waals surface area contributed by atoms with Gasteiger partial charge < -0.3 is 10.2 Å². The molecular formula is C29H27AlCl3N3O2. The van der Waals surface area contributed by atoms with E-state index in [-0.39, 0.29) is 11.5 Å². The molecule has 0 saturated heterocycles. The van der Waals surface area contributed by atoms with E-state index in [9.17, 15) is 10.2 Å². The van der Waals surface area contributed by atoms with E-state index in [4.69, 9.17) is 45.1 Å². The minimum atomic E-state index is -1.72. The zero-order valence-corrected chi connectivity index (χ0v) is 24.2. The topological polar surface area (TPSA) is 79.1 Å². The molecule has 0 fully saturated rings. The fourth-order valence-corrected chi connectivity index (χ4v) is 5.21. The summed E-state index contributed by atoms with van der Waals surface area (Å²) in [6.07, 6.45) is 9.31. The number of aromatic hydroxyl groups is 2. The van der Waals surface area contributed by atoms with Crippen molar-refractivity contribution in [3.05, 3.63) is 76.9 Å². The van der Waals surface area contributed by atoms with Crippen molar-refractivity contribution in [2.75, 3.05) is 0 Å². The molecule has 0 atom stereocenters. The first-order chi connectivity index (χ1) is 18.4. The van der Waals surface area contributed by atoms with Gasteiger partial charge in [0.2, 0.25) is 0 Å². The molecule has 0 unspecified atom stereocenters. The van der Waals surface area contributed by atoms with Gasteiger partial charge in [-0.2, -0.15) is 0 Å². The summed E-state index contributed by atoms with van der Waals surface area (Å²) in [5, 5.41) is 20.3. The van der Waals surface area contributed by atoms with Crippen LogP contribution in [0.15, 0.2) is 54.6 Å². The lowest BCUT2D eigenvalue weighted by molar-refractivity contribution is 0.451. The van der Waals surface area contributed by atoms with Crippen LogP contribution in [-0.4, -0.2) is 36.5 Å². The normalized spacial score (nSPS) is 14.1. The van der Waals surface area contributed by atoms with Crippen LogP contribution in [0.4, 0.5) is 0 Å². The number of phenols is 2. The van der Waals surface area contributed by atoms with Crippen LogP contribution in [0.5, 0.6) is 11.5 Å². The summed E-state index contributed by atoms with van der Waals surface area (Å²) in [4.78, 5) is 14.4. The van der Waals surface area contributed by atoms with Gasteiger partial charge in [-0.05, 0) is 97.9 Å². The summed E-state index contributed by atoms with van der Waals surface area (Å²) in [6, 6.07) is 17.5. The molecule has 0 bridgehead atoms. The quantitative estimate of drug-likeness (QED) is 0.242. The highest BCUT2D eigenvalue weighted by Gasteiger charge is 2.18. The van der Waals surface area contributed by atoms with E-state index in [1.807, 2.05) is 0 Å². The third-order valence-corrected chi connectivity index (χ3v) is 7.07. The number of rotatable bonds is 3. The highest BCUT2D eigenvalue weighted by molar-refractivity contribution is 7.54. The van der Waals surface area contributed by atoms with Gasteiger partial charge in [0.05, 0.1) is 5.56 Å². The van der Waals surface area contributed by atoms with Crippen molar-refractivity contribution < 1.29 is 10.2 Å². The molecule has 5 nitrogen and oxygen atoms in total. The summed E-state index contributed by atoms with van der Waals surface area (Å²) >= 11 is -1.72. The van der Waals surface area contributed by atoms with E-state index < -0.39 is 11.4 Å². The molecule has 6 rings (SSSR count). The third kappa shape index (κ3) is 6.45. The molecular weight excluding hydrogens is 556 g/mol. The lowest BCUT2D eigenvalue weighted by Crippen LogP contribution is -2.05. The van der Waals surface area contributed by atoms with E-state index in [1.165, 1.54) is 60.1 Å². The minimum absolute atomic E-state index is 0.000118. The first-order valence-corrected chi connectivity index (χ1v) is 18.1. The summed E-state index contributed by atoms with van der Waals surface area (Å²) in [5.41, 5.74) is 7.95. The van der Waals surface area contributed by atoms with Crippen LogP contribution in [0, 0.1) is 0 Å². The molecule has 3 aromatic carbocycles. The highest BCUT2D eigenvalue weighted by Crippen LogP contribution is 2.34. The minimum Gasteiger partial charge on any atom is -0.508 e. The van der Waals surface area contributed by atoms with E-state index >= 15 is 0 Å². The Balaban J connectivity index is 0.000000689. The lowest BCUT2D eigenvalue weighted by atomic mass is 9.90. The Kier molecular flexibility index (Phi) is 8.78. The second-order valence-electron chi connectivity index (χ2n) is 9.64. The fourth-order valence-electron chi connectivity index (χ4n) is 5.21. The second kappa shape index (κ2) is 12.2. The number of halogens is 3. The Hall–Kier alpha value is -2.33. The zero-order chi connectivity index (χ0) is 26.6. The van der Waals surface area contributed by atoms with Crippen LogP contribution in [0.25, 0.3) is 34.2 Å². The molecule has 38 heavy (non-hydrogen) atoms. The molecule has 0 aliphatic heterocycles. The molecule has 0 amide bonds. The van der Waals surface area contributed by atoms with E-state index in [0.29, 0.717) is 23.0 Å². The van der Waals surface area contributed by atoms with Crippen LogP contribution in [0.3, 0.4) is 0 Å². The Morgan fingerprint density at radius 1 is 0.553 bits per heavy atom. The maximum atomic E-state index is 10.5. The molecule has 2 aliphatic carbocycles. The van der Waals surface area contributed by atoms with Gasteiger partial charge in [-0.3, -0.25) is 0 Å². The summed E-state index contributed by atoms with van der Waals surface area (Å²) in [7, 11) is 14.8. The van der Waals surface area contributed by atoms with E-state index in [0.717, 1.165) is 36.8 Å². The zero-order valence-electron chi connectivity index (χ0n) is 20.8. The van der Waals surface area contributed by atoms with Gasteiger partial charge in [0.1, 0.15) is 11.5 Å². The van der Waals surface area contributed by atoms with Crippen LogP contribution in [-0.2, 0) is 25.7 Å². The second-order valence-corrected chi connectivity index (χ2v) is 16.1. The molecule has 9 heteroatoms. The lowest BCUT2D eigenvalue weighted by Gasteiger charge is -2.17.